The van der Waals surface area contributed by atoms with Crippen molar-refractivity contribution in [2.75, 3.05) is 0 Å². The molecule has 0 radical (unpaired) electrons. The summed E-state index contributed by atoms with van der Waals surface area (Å²) in [6.07, 6.45) is -0.803. The molecule has 1 rings (SSSR count). The van der Waals surface area contributed by atoms with Gasteiger partial charge in [0.2, 0.25) is 5.91 Å². The Kier molecular flexibility index (Phi) is 2.91. The highest BCUT2D eigenvalue weighted by atomic mass is 16.3. The summed E-state index contributed by atoms with van der Waals surface area (Å²) < 4.78 is 0. The molecule has 0 aliphatic carbocycles. The Labute approximate surface area is 83.6 Å². The maximum atomic E-state index is 11.3. The van der Waals surface area contributed by atoms with Crippen molar-refractivity contribution >= 4 is 5.91 Å². The van der Waals surface area contributed by atoms with Crippen molar-refractivity contribution in [3.63, 3.8) is 0 Å². The summed E-state index contributed by atoms with van der Waals surface area (Å²) in [7, 11) is 0. The Balaban J connectivity index is 3.20. The van der Waals surface area contributed by atoms with E-state index >= 15 is 0 Å². The maximum absolute atomic E-state index is 11.3. The molecular weight excluding hydrogens is 178 g/mol. The van der Waals surface area contributed by atoms with Gasteiger partial charge in [0.25, 0.3) is 0 Å². The average Bonchev–Trinajstić information content (AvgIpc) is 2.17. The minimum Gasteiger partial charge on any atom is -0.392 e. The third-order valence-electron chi connectivity index (χ3n) is 2.72. The monoisotopic (exact) mass is 193 g/mol. The molecule has 1 aromatic carbocycles. The van der Waals surface area contributed by atoms with Gasteiger partial charge in [0.05, 0.1) is 11.5 Å². The lowest BCUT2D eigenvalue weighted by Crippen LogP contribution is -2.46. The highest BCUT2D eigenvalue weighted by molar-refractivity contribution is 5.86. The van der Waals surface area contributed by atoms with Crippen LogP contribution in [0.1, 0.15) is 19.4 Å². The van der Waals surface area contributed by atoms with Gasteiger partial charge in [-0.2, -0.15) is 0 Å². The molecule has 0 saturated heterocycles. The zero-order chi connectivity index (χ0) is 10.8. The average molecular weight is 193 g/mol. The number of carbonyl (C=O) groups excluding carboxylic acids is 1. The third kappa shape index (κ3) is 1.63. The van der Waals surface area contributed by atoms with E-state index < -0.39 is 17.4 Å². The van der Waals surface area contributed by atoms with Crippen molar-refractivity contribution in [2.45, 2.75) is 25.4 Å². The second kappa shape index (κ2) is 3.80. The SMILES string of the molecule is CC(O)C(C)(C(N)=O)c1ccccc1. The molecule has 0 bridgehead atoms. The van der Waals surface area contributed by atoms with Crippen LogP contribution in [0, 0.1) is 0 Å². The first kappa shape index (κ1) is 10.7. The standard InChI is InChI=1S/C11H15NO2/c1-8(13)11(2,10(12)14)9-6-4-3-5-7-9/h3-8,13H,1-2H3,(H2,12,14). The fraction of sp³-hybridized carbons (Fsp3) is 0.364. The van der Waals surface area contributed by atoms with Crippen molar-refractivity contribution < 1.29 is 9.90 Å². The van der Waals surface area contributed by atoms with Crippen LogP contribution in [0.3, 0.4) is 0 Å². The number of aliphatic hydroxyl groups excluding tert-OH is 1. The molecule has 0 heterocycles. The predicted molar refractivity (Wildman–Crippen MR) is 54.7 cm³/mol. The predicted octanol–water partition coefficient (Wildman–Crippen LogP) is 0.810. The fourth-order valence-corrected chi connectivity index (χ4v) is 1.37. The van der Waals surface area contributed by atoms with Crippen LogP contribution in [0.4, 0.5) is 0 Å². The van der Waals surface area contributed by atoms with Crippen LogP contribution in [0.2, 0.25) is 0 Å². The van der Waals surface area contributed by atoms with Gasteiger partial charge >= 0.3 is 0 Å². The summed E-state index contributed by atoms with van der Waals surface area (Å²) >= 11 is 0. The molecule has 3 N–H and O–H groups in total. The number of hydrogen-bond acceptors (Lipinski definition) is 2. The summed E-state index contributed by atoms with van der Waals surface area (Å²) in [5.41, 5.74) is 5.03. The van der Waals surface area contributed by atoms with Crippen molar-refractivity contribution in [1.29, 1.82) is 0 Å². The van der Waals surface area contributed by atoms with Crippen LogP contribution in [-0.2, 0) is 10.2 Å². The molecule has 0 saturated carbocycles. The van der Waals surface area contributed by atoms with Crippen molar-refractivity contribution in [2.24, 2.45) is 5.73 Å². The van der Waals surface area contributed by atoms with E-state index in [-0.39, 0.29) is 0 Å². The van der Waals surface area contributed by atoms with Gasteiger partial charge in [0.1, 0.15) is 0 Å². The van der Waals surface area contributed by atoms with E-state index in [0.717, 1.165) is 5.56 Å². The lowest BCUT2D eigenvalue weighted by molar-refractivity contribution is -0.126. The number of carbonyl (C=O) groups is 1. The number of amides is 1. The number of aliphatic hydroxyl groups is 1. The first-order chi connectivity index (χ1) is 6.49. The zero-order valence-electron chi connectivity index (χ0n) is 8.40. The van der Waals surface area contributed by atoms with Gasteiger partial charge in [-0.1, -0.05) is 30.3 Å². The first-order valence-electron chi connectivity index (χ1n) is 4.53. The number of primary amides is 1. The van der Waals surface area contributed by atoms with Crippen molar-refractivity contribution in [3.05, 3.63) is 35.9 Å². The molecule has 2 unspecified atom stereocenters. The van der Waals surface area contributed by atoms with Gasteiger partial charge in [-0.05, 0) is 19.4 Å². The minimum atomic E-state index is -1.01. The van der Waals surface area contributed by atoms with Gasteiger partial charge in [-0.25, -0.2) is 0 Å². The molecule has 76 valence electrons. The molecule has 0 spiro atoms. The summed E-state index contributed by atoms with van der Waals surface area (Å²) in [6, 6.07) is 9.07. The second-order valence-electron chi connectivity index (χ2n) is 3.61. The molecule has 0 fully saturated rings. The number of rotatable bonds is 3. The molecule has 2 atom stereocenters. The fourth-order valence-electron chi connectivity index (χ4n) is 1.37. The molecular formula is C11H15NO2. The third-order valence-corrected chi connectivity index (χ3v) is 2.72. The van der Waals surface area contributed by atoms with E-state index in [9.17, 15) is 9.90 Å². The van der Waals surface area contributed by atoms with Crippen LogP contribution < -0.4 is 5.73 Å². The topological polar surface area (TPSA) is 63.3 Å². The summed E-state index contributed by atoms with van der Waals surface area (Å²) in [5, 5.41) is 9.59. The zero-order valence-corrected chi connectivity index (χ0v) is 8.40. The highest BCUT2D eigenvalue weighted by Crippen LogP contribution is 2.27. The lowest BCUT2D eigenvalue weighted by atomic mass is 9.77. The van der Waals surface area contributed by atoms with Crippen LogP contribution in [-0.4, -0.2) is 17.1 Å². The van der Waals surface area contributed by atoms with Gasteiger partial charge in [-0.15, -0.1) is 0 Å². The van der Waals surface area contributed by atoms with Gasteiger partial charge in [-0.3, -0.25) is 4.79 Å². The van der Waals surface area contributed by atoms with E-state index in [1.807, 2.05) is 18.2 Å². The highest BCUT2D eigenvalue weighted by Gasteiger charge is 2.37. The van der Waals surface area contributed by atoms with Crippen LogP contribution in [0.25, 0.3) is 0 Å². The van der Waals surface area contributed by atoms with Crippen LogP contribution in [0.15, 0.2) is 30.3 Å². The quantitative estimate of drug-likeness (QED) is 0.746. The number of nitrogens with two attached hydrogens (primary N) is 1. The Morgan fingerprint density at radius 2 is 1.93 bits per heavy atom. The van der Waals surface area contributed by atoms with E-state index in [0.29, 0.717) is 0 Å². The summed E-state index contributed by atoms with van der Waals surface area (Å²) in [4.78, 5) is 11.3. The second-order valence-corrected chi connectivity index (χ2v) is 3.61. The molecule has 0 aliphatic heterocycles. The smallest absolute Gasteiger partial charge is 0.230 e. The molecule has 3 nitrogen and oxygen atoms in total. The van der Waals surface area contributed by atoms with E-state index in [4.69, 9.17) is 5.73 Å². The first-order valence-corrected chi connectivity index (χ1v) is 4.53. The number of hydrogen-bond donors (Lipinski definition) is 2. The van der Waals surface area contributed by atoms with E-state index in [2.05, 4.69) is 0 Å². The maximum Gasteiger partial charge on any atom is 0.230 e. The Morgan fingerprint density at radius 1 is 1.43 bits per heavy atom. The van der Waals surface area contributed by atoms with E-state index in [1.165, 1.54) is 0 Å². The van der Waals surface area contributed by atoms with Crippen LogP contribution >= 0.6 is 0 Å². The molecule has 14 heavy (non-hydrogen) atoms. The molecule has 1 aromatic rings. The molecule has 0 aliphatic rings. The van der Waals surface area contributed by atoms with Crippen molar-refractivity contribution in [1.82, 2.24) is 0 Å². The summed E-state index contributed by atoms with van der Waals surface area (Å²) in [6.45, 7) is 3.22. The molecule has 3 heteroatoms. The molecule has 0 aromatic heterocycles. The minimum absolute atomic E-state index is 0.515. The number of benzene rings is 1. The lowest BCUT2D eigenvalue weighted by Gasteiger charge is -2.29. The molecule has 1 amide bonds. The Hall–Kier alpha value is -1.35. The van der Waals surface area contributed by atoms with Crippen molar-refractivity contribution in [3.8, 4) is 0 Å². The summed E-state index contributed by atoms with van der Waals surface area (Å²) in [5.74, 6) is -0.515. The Morgan fingerprint density at radius 3 is 2.29 bits per heavy atom. The van der Waals surface area contributed by atoms with Gasteiger partial charge < -0.3 is 10.8 Å². The normalized spacial score (nSPS) is 17.1. The largest absolute Gasteiger partial charge is 0.392 e. The van der Waals surface area contributed by atoms with Crippen LogP contribution in [0.5, 0.6) is 0 Å². The van der Waals surface area contributed by atoms with Gasteiger partial charge in [0.15, 0.2) is 0 Å². The van der Waals surface area contributed by atoms with Gasteiger partial charge in [0, 0.05) is 0 Å². The Bertz CT molecular complexity index is 321. The van der Waals surface area contributed by atoms with E-state index in [1.54, 1.807) is 26.0 Å².